The van der Waals surface area contributed by atoms with Gasteiger partial charge in [-0.3, -0.25) is 0 Å². The van der Waals surface area contributed by atoms with Crippen molar-refractivity contribution >= 4 is 16.5 Å². The molecule has 2 N–H and O–H groups in total. The maximum atomic E-state index is 13.7. The lowest BCUT2D eigenvalue weighted by atomic mass is 10.1. The van der Waals surface area contributed by atoms with E-state index >= 15 is 0 Å². The van der Waals surface area contributed by atoms with Crippen LogP contribution in [0.15, 0.2) is 28.8 Å². The molecule has 0 spiro atoms. The Labute approximate surface area is 124 Å². The number of nitrogen functional groups attached to an aromatic ring is 1. The van der Waals surface area contributed by atoms with Crippen molar-refractivity contribution in [2.45, 2.75) is 19.8 Å². The summed E-state index contributed by atoms with van der Waals surface area (Å²) in [6.45, 7) is 4.01. The summed E-state index contributed by atoms with van der Waals surface area (Å²) >= 11 is 1.29. The van der Waals surface area contributed by atoms with Gasteiger partial charge in [-0.05, 0) is 18.1 Å². The van der Waals surface area contributed by atoms with E-state index in [9.17, 15) is 4.39 Å². The molecule has 0 atom stereocenters. The summed E-state index contributed by atoms with van der Waals surface area (Å²) in [5.74, 6) is 0.311. The van der Waals surface area contributed by atoms with Crippen molar-refractivity contribution < 1.29 is 8.91 Å². The van der Waals surface area contributed by atoms with E-state index in [1.165, 1.54) is 17.4 Å². The first-order valence-corrected chi connectivity index (χ1v) is 7.23. The van der Waals surface area contributed by atoms with Crippen molar-refractivity contribution in [2.24, 2.45) is 0 Å². The number of thiazole rings is 1. The third-order valence-corrected chi connectivity index (χ3v) is 3.84. The van der Waals surface area contributed by atoms with Gasteiger partial charge in [-0.25, -0.2) is 9.37 Å². The minimum Gasteiger partial charge on any atom is -0.375 e. The number of anilines is 1. The molecule has 0 amide bonds. The molecular weight excluding hydrogens is 291 g/mol. The van der Waals surface area contributed by atoms with Crippen LogP contribution < -0.4 is 5.73 Å². The Morgan fingerprint density at radius 1 is 1.24 bits per heavy atom. The fraction of sp³-hybridized carbons (Fsp3) is 0.214. The second-order valence-electron chi connectivity index (χ2n) is 4.82. The number of aromatic nitrogens is 3. The van der Waals surface area contributed by atoms with Gasteiger partial charge in [0.1, 0.15) is 10.7 Å². The number of halogens is 1. The predicted octanol–water partition coefficient (Wildman–Crippen LogP) is 3.70. The van der Waals surface area contributed by atoms with E-state index in [2.05, 4.69) is 15.1 Å². The van der Waals surface area contributed by atoms with Gasteiger partial charge in [-0.1, -0.05) is 42.5 Å². The van der Waals surface area contributed by atoms with Crippen LogP contribution in [0.5, 0.6) is 0 Å². The normalized spacial score (nSPS) is 11.2. The monoisotopic (exact) mass is 304 g/mol. The molecule has 0 aliphatic rings. The highest BCUT2D eigenvalue weighted by atomic mass is 32.1. The molecule has 3 aromatic rings. The summed E-state index contributed by atoms with van der Waals surface area (Å²) < 4.78 is 19.0. The second kappa shape index (κ2) is 5.25. The summed E-state index contributed by atoms with van der Waals surface area (Å²) in [6, 6.07) is 6.29. The molecule has 0 bridgehead atoms. The van der Waals surface area contributed by atoms with Crippen LogP contribution in [-0.4, -0.2) is 15.1 Å². The molecule has 0 aliphatic heterocycles. The molecule has 2 aromatic heterocycles. The van der Waals surface area contributed by atoms with Crippen LogP contribution >= 0.6 is 11.3 Å². The third kappa shape index (κ3) is 2.52. The predicted molar refractivity (Wildman–Crippen MR) is 79.3 cm³/mol. The molecule has 0 saturated heterocycles. The van der Waals surface area contributed by atoms with E-state index in [1.807, 2.05) is 13.8 Å². The molecular formula is C14H13FN4OS. The number of rotatable bonds is 3. The fourth-order valence-electron chi connectivity index (χ4n) is 1.96. The topological polar surface area (TPSA) is 77.8 Å². The molecule has 5 nitrogen and oxygen atoms in total. The van der Waals surface area contributed by atoms with E-state index in [-0.39, 0.29) is 11.7 Å². The van der Waals surface area contributed by atoms with E-state index in [0.717, 1.165) is 10.6 Å². The molecule has 0 radical (unpaired) electrons. The van der Waals surface area contributed by atoms with E-state index < -0.39 is 5.82 Å². The van der Waals surface area contributed by atoms with Crippen LogP contribution in [0.3, 0.4) is 0 Å². The molecule has 0 saturated carbocycles. The molecule has 0 aliphatic carbocycles. The Kier molecular flexibility index (Phi) is 3.42. The van der Waals surface area contributed by atoms with Gasteiger partial charge in [0, 0.05) is 0 Å². The quantitative estimate of drug-likeness (QED) is 0.798. The molecule has 3 rings (SSSR count). The highest BCUT2D eigenvalue weighted by Gasteiger charge is 2.21. The first kappa shape index (κ1) is 13.7. The summed E-state index contributed by atoms with van der Waals surface area (Å²) in [6.07, 6.45) is 0. The minimum absolute atomic E-state index is 0.178. The Bertz CT molecular complexity index is 781. The van der Waals surface area contributed by atoms with Crippen molar-refractivity contribution in [2.75, 3.05) is 5.73 Å². The van der Waals surface area contributed by atoms with Crippen LogP contribution in [0.2, 0.25) is 0 Å². The first-order chi connectivity index (χ1) is 10.1. The average molecular weight is 304 g/mol. The number of nitrogens with two attached hydrogens (primary N) is 1. The number of nitrogens with zero attached hydrogens (tertiary/aromatic N) is 3. The Morgan fingerprint density at radius 3 is 2.71 bits per heavy atom. The van der Waals surface area contributed by atoms with Gasteiger partial charge in [0.2, 0.25) is 5.82 Å². The lowest BCUT2D eigenvalue weighted by Crippen LogP contribution is -1.92. The average Bonchev–Trinajstić information content (AvgIpc) is 3.05. The highest BCUT2D eigenvalue weighted by Crippen LogP contribution is 2.35. The van der Waals surface area contributed by atoms with Crippen LogP contribution in [0.1, 0.15) is 25.5 Å². The Morgan fingerprint density at radius 2 is 2.00 bits per heavy atom. The summed E-state index contributed by atoms with van der Waals surface area (Å²) in [5.41, 5.74) is 6.86. The maximum Gasteiger partial charge on any atom is 0.270 e. The van der Waals surface area contributed by atoms with Crippen LogP contribution in [-0.2, 0) is 0 Å². The highest BCUT2D eigenvalue weighted by molar-refractivity contribution is 7.18. The number of hydrogen-bond acceptors (Lipinski definition) is 6. The standard InChI is InChI=1S/C14H13FN4OS/c1-7(2)10-11(21-14(16)17-10)13-18-12(19-20-13)8-5-3-4-6-9(8)15/h3-7H,1-2H3,(H2,16,17). The van der Waals surface area contributed by atoms with Crippen molar-refractivity contribution in [1.29, 1.82) is 0 Å². The molecule has 2 heterocycles. The van der Waals surface area contributed by atoms with Gasteiger partial charge < -0.3 is 10.3 Å². The fourth-order valence-corrected chi connectivity index (χ4v) is 2.87. The Balaban J connectivity index is 2.05. The van der Waals surface area contributed by atoms with Crippen molar-refractivity contribution in [3.8, 4) is 22.2 Å². The van der Waals surface area contributed by atoms with Crippen molar-refractivity contribution in [1.82, 2.24) is 15.1 Å². The molecule has 21 heavy (non-hydrogen) atoms. The van der Waals surface area contributed by atoms with Gasteiger partial charge >= 0.3 is 0 Å². The van der Waals surface area contributed by atoms with Crippen LogP contribution in [0, 0.1) is 5.82 Å². The van der Waals surface area contributed by atoms with Gasteiger partial charge in [-0.15, -0.1) is 0 Å². The largest absolute Gasteiger partial charge is 0.375 e. The maximum absolute atomic E-state index is 13.7. The zero-order valence-electron chi connectivity index (χ0n) is 11.5. The number of benzene rings is 1. The van der Waals surface area contributed by atoms with Gasteiger partial charge in [0.15, 0.2) is 5.13 Å². The lowest BCUT2D eigenvalue weighted by Gasteiger charge is -2.00. The zero-order chi connectivity index (χ0) is 15.0. The molecule has 1 aromatic carbocycles. The zero-order valence-corrected chi connectivity index (χ0v) is 12.3. The van der Waals surface area contributed by atoms with E-state index in [0.29, 0.717) is 16.6 Å². The summed E-state index contributed by atoms with van der Waals surface area (Å²) in [5, 5.41) is 4.29. The first-order valence-electron chi connectivity index (χ1n) is 6.41. The Hall–Kier alpha value is -2.28. The minimum atomic E-state index is -0.391. The van der Waals surface area contributed by atoms with Crippen molar-refractivity contribution in [3.63, 3.8) is 0 Å². The van der Waals surface area contributed by atoms with Crippen LogP contribution in [0.4, 0.5) is 9.52 Å². The van der Waals surface area contributed by atoms with Gasteiger partial charge in [-0.2, -0.15) is 4.98 Å². The van der Waals surface area contributed by atoms with Crippen molar-refractivity contribution in [3.05, 3.63) is 35.8 Å². The SMILES string of the molecule is CC(C)c1nc(N)sc1-c1nc(-c2ccccc2F)no1. The van der Waals surface area contributed by atoms with E-state index in [1.54, 1.807) is 18.2 Å². The summed E-state index contributed by atoms with van der Waals surface area (Å²) in [4.78, 5) is 9.28. The molecule has 0 unspecified atom stereocenters. The van der Waals surface area contributed by atoms with E-state index in [4.69, 9.17) is 10.3 Å². The molecule has 0 fully saturated rings. The molecule has 7 heteroatoms. The molecule has 108 valence electrons. The van der Waals surface area contributed by atoms with Gasteiger partial charge in [0.05, 0.1) is 11.3 Å². The second-order valence-corrected chi connectivity index (χ2v) is 5.85. The van der Waals surface area contributed by atoms with Crippen LogP contribution in [0.25, 0.3) is 22.2 Å². The lowest BCUT2D eigenvalue weighted by molar-refractivity contribution is 0.432. The smallest absolute Gasteiger partial charge is 0.270 e. The summed E-state index contributed by atoms with van der Waals surface area (Å²) in [7, 11) is 0. The van der Waals surface area contributed by atoms with Gasteiger partial charge in [0.25, 0.3) is 5.89 Å². The third-order valence-electron chi connectivity index (χ3n) is 2.95. The number of hydrogen-bond donors (Lipinski definition) is 1.